The Morgan fingerprint density at radius 2 is 2.38 bits per heavy atom. The number of carboxylic acid groups (broad SMARTS) is 1. The normalized spacial score (nSPS) is 12.4. The highest BCUT2D eigenvalue weighted by Gasteiger charge is 2.18. The van der Waals surface area contributed by atoms with E-state index < -0.39 is 12.0 Å². The van der Waals surface area contributed by atoms with Gasteiger partial charge in [0.1, 0.15) is 6.04 Å². The number of aliphatic carboxylic acids is 1. The van der Waals surface area contributed by atoms with Gasteiger partial charge in [-0.2, -0.15) is 5.10 Å². The summed E-state index contributed by atoms with van der Waals surface area (Å²) in [7, 11) is 0. The number of hydrogen-bond donors (Lipinski definition) is 2. The second-order valence-electron chi connectivity index (χ2n) is 3.76. The second kappa shape index (κ2) is 5.29. The standard InChI is InChI=1S/C10H15N3O3/c1-7(2)13-4-3-8(12-13)5-9(10(15)16)11-6-14/h3-4,6-7,9H,5H2,1-2H3,(H,11,14)(H,15,16). The maximum atomic E-state index is 10.8. The summed E-state index contributed by atoms with van der Waals surface area (Å²) in [5.74, 6) is -1.06. The Morgan fingerprint density at radius 3 is 2.81 bits per heavy atom. The van der Waals surface area contributed by atoms with Crippen molar-refractivity contribution in [3.05, 3.63) is 18.0 Å². The molecular weight excluding hydrogens is 210 g/mol. The molecule has 1 unspecified atom stereocenters. The first-order chi connectivity index (χ1) is 7.54. The predicted molar refractivity (Wildman–Crippen MR) is 56.9 cm³/mol. The topological polar surface area (TPSA) is 84.2 Å². The van der Waals surface area contributed by atoms with Crippen molar-refractivity contribution in [3.63, 3.8) is 0 Å². The molecule has 0 radical (unpaired) electrons. The molecule has 1 rings (SSSR count). The highest BCUT2D eigenvalue weighted by Crippen LogP contribution is 2.06. The van der Waals surface area contributed by atoms with Crippen LogP contribution in [0.5, 0.6) is 0 Å². The summed E-state index contributed by atoms with van der Waals surface area (Å²) < 4.78 is 1.75. The number of aromatic nitrogens is 2. The molecule has 1 atom stereocenters. The number of carboxylic acids is 1. The van der Waals surface area contributed by atoms with Crippen LogP contribution in [0.25, 0.3) is 0 Å². The van der Waals surface area contributed by atoms with Gasteiger partial charge in [0.05, 0.1) is 5.69 Å². The minimum Gasteiger partial charge on any atom is -0.480 e. The summed E-state index contributed by atoms with van der Waals surface area (Å²) in [6.45, 7) is 3.96. The quantitative estimate of drug-likeness (QED) is 0.677. The van der Waals surface area contributed by atoms with Gasteiger partial charge < -0.3 is 10.4 Å². The number of rotatable bonds is 6. The molecule has 2 N–H and O–H groups in total. The monoisotopic (exact) mass is 225 g/mol. The van der Waals surface area contributed by atoms with Crippen LogP contribution in [0.4, 0.5) is 0 Å². The van der Waals surface area contributed by atoms with Crippen molar-refractivity contribution < 1.29 is 14.7 Å². The Hall–Kier alpha value is -1.85. The van der Waals surface area contributed by atoms with Crippen molar-refractivity contribution in [1.82, 2.24) is 15.1 Å². The maximum absolute atomic E-state index is 10.8. The Labute approximate surface area is 93.3 Å². The van der Waals surface area contributed by atoms with Crippen molar-refractivity contribution in [2.75, 3.05) is 0 Å². The minimum atomic E-state index is -1.06. The third-order valence-electron chi connectivity index (χ3n) is 2.17. The second-order valence-corrected chi connectivity index (χ2v) is 3.76. The van der Waals surface area contributed by atoms with Gasteiger partial charge in [-0.25, -0.2) is 4.79 Å². The van der Waals surface area contributed by atoms with Crippen LogP contribution in [0.2, 0.25) is 0 Å². The summed E-state index contributed by atoms with van der Waals surface area (Å²) in [5.41, 5.74) is 0.649. The third kappa shape index (κ3) is 3.08. The lowest BCUT2D eigenvalue weighted by Gasteiger charge is -2.09. The average Bonchev–Trinajstić information content (AvgIpc) is 2.65. The van der Waals surface area contributed by atoms with Gasteiger partial charge in [-0.1, -0.05) is 0 Å². The van der Waals surface area contributed by atoms with E-state index in [-0.39, 0.29) is 12.5 Å². The summed E-state index contributed by atoms with van der Waals surface area (Å²) in [5, 5.41) is 15.3. The molecule has 0 bridgehead atoms. The molecule has 0 aliphatic carbocycles. The molecule has 0 spiro atoms. The molecule has 0 fully saturated rings. The van der Waals surface area contributed by atoms with Gasteiger partial charge >= 0.3 is 5.97 Å². The first-order valence-electron chi connectivity index (χ1n) is 5.01. The number of amides is 1. The molecule has 6 heteroatoms. The largest absolute Gasteiger partial charge is 0.480 e. The fourth-order valence-corrected chi connectivity index (χ4v) is 1.28. The summed E-state index contributed by atoms with van der Waals surface area (Å²) in [4.78, 5) is 21.0. The molecule has 6 nitrogen and oxygen atoms in total. The molecule has 1 aromatic rings. The van der Waals surface area contributed by atoms with Crippen LogP contribution < -0.4 is 5.32 Å². The number of hydrogen-bond acceptors (Lipinski definition) is 3. The number of nitrogens with zero attached hydrogens (tertiary/aromatic N) is 2. The number of carbonyl (C=O) groups is 2. The van der Waals surface area contributed by atoms with Crippen LogP contribution in [0.15, 0.2) is 12.3 Å². The fourth-order valence-electron chi connectivity index (χ4n) is 1.28. The minimum absolute atomic E-state index is 0.188. The Morgan fingerprint density at radius 1 is 1.69 bits per heavy atom. The molecule has 88 valence electrons. The Bertz CT molecular complexity index is 373. The highest BCUT2D eigenvalue weighted by atomic mass is 16.4. The zero-order valence-electron chi connectivity index (χ0n) is 9.25. The van der Waals surface area contributed by atoms with Crippen LogP contribution in [-0.2, 0) is 16.0 Å². The number of nitrogens with one attached hydrogen (secondary N) is 1. The van der Waals surface area contributed by atoms with E-state index in [1.54, 1.807) is 16.9 Å². The van der Waals surface area contributed by atoms with E-state index in [2.05, 4.69) is 10.4 Å². The predicted octanol–water partition coefficient (Wildman–Crippen LogP) is 0.206. The van der Waals surface area contributed by atoms with E-state index in [1.807, 2.05) is 13.8 Å². The van der Waals surface area contributed by atoms with Gasteiger partial charge in [0, 0.05) is 18.7 Å². The van der Waals surface area contributed by atoms with E-state index in [1.165, 1.54) is 0 Å². The Kier molecular flexibility index (Phi) is 4.04. The van der Waals surface area contributed by atoms with Crippen LogP contribution in [0.1, 0.15) is 25.6 Å². The van der Waals surface area contributed by atoms with E-state index in [0.717, 1.165) is 0 Å². The lowest BCUT2D eigenvalue weighted by molar-refractivity contribution is -0.140. The van der Waals surface area contributed by atoms with Crippen molar-refractivity contribution in [2.45, 2.75) is 32.4 Å². The van der Waals surface area contributed by atoms with Crippen LogP contribution >= 0.6 is 0 Å². The highest BCUT2D eigenvalue weighted by molar-refractivity contribution is 5.76. The first-order valence-corrected chi connectivity index (χ1v) is 5.01. The van der Waals surface area contributed by atoms with Gasteiger partial charge in [-0.05, 0) is 19.9 Å². The molecule has 1 amide bonds. The molecule has 0 aliphatic heterocycles. The molecule has 0 aromatic carbocycles. The maximum Gasteiger partial charge on any atom is 0.326 e. The van der Waals surface area contributed by atoms with Gasteiger partial charge in [0.2, 0.25) is 6.41 Å². The van der Waals surface area contributed by atoms with E-state index >= 15 is 0 Å². The zero-order valence-corrected chi connectivity index (χ0v) is 9.25. The van der Waals surface area contributed by atoms with Gasteiger partial charge in [-0.15, -0.1) is 0 Å². The van der Waals surface area contributed by atoms with Crippen molar-refractivity contribution >= 4 is 12.4 Å². The fraction of sp³-hybridized carbons (Fsp3) is 0.500. The smallest absolute Gasteiger partial charge is 0.326 e. The van der Waals surface area contributed by atoms with Crippen molar-refractivity contribution in [2.24, 2.45) is 0 Å². The lowest BCUT2D eigenvalue weighted by Crippen LogP contribution is -2.37. The van der Waals surface area contributed by atoms with Crippen LogP contribution in [-0.4, -0.2) is 33.3 Å². The summed E-state index contributed by atoms with van der Waals surface area (Å²) in [6, 6.07) is 1.06. The molecule has 1 aromatic heterocycles. The molecule has 16 heavy (non-hydrogen) atoms. The Balaban J connectivity index is 2.69. The van der Waals surface area contributed by atoms with Crippen molar-refractivity contribution in [1.29, 1.82) is 0 Å². The number of carbonyl (C=O) groups excluding carboxylic acids is 1. The van der Waals surface area contributed by atoms with E-state index in [4.69, 9.17) is 5.11 Å². The zero-order chi connectivity index (χ0) is 12.1. The third-order valence-corrected chi connectivity index (χ3v) is 2.17. The average molecular weight is 225 g/mol. The van der Waals surface area contributed by atoms with Crippen molar-refractivity contribution in [3.8, 4) is 0 Å². The van der Waals surface area contributed by atoms with E-state index in [0.29, 0.717) is 12.1 Å². The molecule has 0 saturated carbocycles. The summed E-state index contributed by atoms with van der Waals surface area (Å²) in [6.07, 6.45) is 2.37. The van der Waals surface area contributed by atoms with E-state index in [9.17, 15) is 9.59 Å². The molecule has 0 aliphatic rings. The molecular formula is C10H15N3O3. The van der Waals surface area contributed by atoms with Gasteiger partial charge in [0.25, 0.3) is 0 Å². The van der Waals surface area contributed by atoms with Crippen LogP contribution in [0, 0.1) is 0 Å². The van der Waals surface area contributed by atoms with Gasteiger partial charge in [0.15, 0.2) is 0 Å². The first kappa shape index (κ1) is 12.2. The van der Waals surface area contributed by atoms with Gasteiger partial charge in [-0.3, -0.25) is 9.48 Å². The SMILES string of the molecule is CC(C)n1ccc(CC(NC=O)C(=O)O)n1. The summed E-state index contributed by atoms with van der Waals surface area (Å²) >= 11 is 0. The molecule has 1 heterocycles. The lowest BCUT2D eigenvalue weighted by atomic mass is 10.1. The molecule has 0 saturated heterocycles. The van der Waals surface area contributed by atoms with Crippen LogP contribution in [0.3, 0.4) is 0 Å².